The smallest absolute Gasteiger partial charge is 0.257 e. The zero-order chi connectivity index (χ0) is 14.6. The van der Waals surface area contributed by atoms with Crippen molar-refractivity contribution in [1.82, 2.24) is 5.32 Å². The Hall–Kier alpha value is -1.14. The molecular weight excluding hydrogens is 329 g/mol. The van der Waals surface area contributed by atoms with E-state index in [1.165, 1.54) is 12.1 Å². The number of halogens is 2. The zero-order valence-corrected chi connectivity index (χ0v) is 12.6. The summed E-state index contributed by atoms with van der Waals surface area (Å²) in [6.45, 7) is 0.461. The van der Waals surface area contributed by atoms with E-state index in [1.807, 2.05) is 0 Å². The van der Waals surface area contributed by atoms with Gasteiger partial charge >= 0.3 is 0 Å². The van der Waals surface area contributed by atoms with E-state index in [9.17, 15) is 9.18 Å². The summed E-state index contributed by atoms with van der Waals surface area (Å²) in [5.41, 5.74) is 0.0628. The monoisotopic (exact) mass is 345 g/mol. The van der Waals surface area contributed by atoms with Gasteiger partial charge in [-0.05, 0) is 42.9 Å². The fourth-order valence-electron chi connectivity index (χ4n) is 2.00. The van der Waals surface area contributed by atoms with E-state index < -0.39 is 5.82 Å². The van der Waals surface area contributed by atoms with E-state index >= 15 is 0 Å². The predicted octanol–water partition coefficient (Wildman–Crippen LogP) is 2.25. The zero-order valence-electron chi connectivity index (χ0n) is 11.0. The van der Waals surface area contributed by atoms with E-state index in [0.29, 0.717) is 17.4 Å². The molecule has 2 N–H and O–H groups in total. The van der Waals surface area contributed by atoms with Crippen molar-refractivity contribution < 1.29 is 19.0 Å². The molecule has 0 aromatic heterocycles. The van der Waals surface area contributed by atoms with E-state index in [-0.39, 0.29) is 30.3 Å². The summed E-state index contributed by atoms with van der Waals surface area (Å²) in [6, 6.07) is 4.41. The fraction of sp³-hybridized carbons (Fsp3) is 0.500. The maximum atomic E-state index is 13.5. The number of aliphatic hydroxyl groups excluding tert-OH is 1. The lowest BCUT2D eigenvalue weighted by molar-refractivity contribution is -0.123. The molecule has 0 bridgehead atoms. The van der Waals surface area contributed by atoms with E-state index in [1.54, 1.807) is 6.07 Å². The molecule has 1 amide bonds. The standard InChI is InChI=1S/C14H17BrFNO3/c15-10-1-2-12(11(16)7-10)20-8-13(19)17-9-14(3-4-14)5-6-18/h1-2,7,18H,3-6,8-9H2,(H,17,19). The molecule has 1 aliphatic carbocycles. The van der Waals surface area contributed by atoms with Crippen LogP contribution in [0.15, 0.2) is 22.7 Å². The Morgan fingerprint density at radius 2 is 2.25 bits per heavy atom. The fourth-order valence-corrected chi connectivity index (χ4v) is 2.33. The van der Waals surface area contributed by atoms with Gasteiger partial charge in [-0.1, -0.05) is 15.9 Å². The SMILES string of the molecule is O=C(COc1ccc(Br)cc1F)NCC1(CCO)CC1. The minimum atomic E-state index is -0.508. The second kappa shape index (κ2) is 6.54. The highest BCUT2D eigenvalue weighted by molar-refractivity contribution is 9.10. The molecule has 0 heterocycles. The van der Waals surface area contributed by atoms with E-state index in [0.717, 1.165) is 12.8 Å². The largest absolute Gasteiger partial charge is 0.481 e. The Morgan fingerprint density at radius 1 is 1.50 bits per heavy atom. The minimum absolute atomic E-state index is 0.0554. The summed E-state index contributed by atoms with van der Waals surface area (Å²) in [6.07, 6.45) is 2.75. The highest BCUT2D eigenvalue weighted by atomic mass is 79.9. The van der Waals surface area contributed by atoms with Crippen molar-refractivity contribution in [2.45, 2.75) is 19.3 Å². The van der Waals surface area contributed by atoms with Crippen LogP contribution in [-0.4, -0.2) is 30.8 Å². The van der Waals surface area contributed by atoms with Gasteiger partial charge in [0.15, 0.2) is 18.2 Å². The molecule has 110 valence electrons. The molecule has 0 spiro atoms. The van der Waals surface area contributed by atoms with Crippen LogP contribution in [0.2, 0.25) is 0 Å². The van der Waals surface area contributed by atoms with Crippen molar-refractivity contribution in [3.63, 3.8) is 0 Å². The number of carbonyl (C=O) groups excluding carboxylic acids is 1. The van der Waals surface area contributed by atoms with Gasteiger partial charge in [0, 0.05) is 17.6 Å². The number of hydrogen-bond donors (Lipinski definition) is 2. The minimum Gasteiger partial charge on any atom is -0.481 e. The van der Waals surface area contributed by atoms with Gasteiger partial charge in [-0.2, -0.15) is 0 Å². The van der Waals surface area contributed by atoms with Gasteiger partial charge in [-0.3, -0.25) is 4.79 Å². The molecule has 0 atom stereocenters. The number of nitrogens with one attached hydrogen (secondary N) is 1. The molecule has 1 aromatic carbocycles. The molecule has 4 nitrogen and oxygen atoms in total. The van der Waals surface area contributed by atoms with Crippen LogP contribution in [0.4, 0.5) is 4.39 Å². The molecule has 2 rings (SSSR count). The first-order valence-corrected chi connectivity index (χ1v) is 7.29. The van der Waals surface area contributed by atoms with E-state index in [2.05, 4.69) is 21.2 Å². The molecule has 1 aliphatic rings. The van der Waals surface area contributed by atoms with Gasteiger partial charge in [0.2, 0.25) is 0 Å². The lowest BCUT2D eigenvalue weighted by atomic mass is 10.0. The van der Waals surface area contributed by atoms with Gasteiger partial charge in [-0.15, -0.1) is 0 Å². The molecule has 6 heteroatoms. The van der Waals surface area contributed by atoms with Crippen LogP contribution in [0, 0.1) is 11.2 Å². The van der Waals surface area contributed by atoms with Crippen LogP contribution in [0.5, 0.6) is 5.75 Å². The average Bonchev–Trinajstić information content (AvgIpc) is 3.16. The summed E-state index contributed by atoms with van der Waals surface area (Å²) in [5.74, 6) is -0.734. The molecule has 0 radical (unpaired) electrons. The summed E-state index contributed by atoms with van der Waals surface area (Å²) >= 11 is 3.15. The normalized spacial score (nSPS) is 15.8. The van der Waals surface area contributed by atoms with Gasteiger partial charge in [0.1, 0.15) is 0 Å². The van der Waals surface area contributed by atoms with Crippen molar-refractivity contribution in [2.75, 3.05) is 19.8 Å². The predicted molar refractivity (Wildman–Crippen MR) is 76.0 cm³/mol. The summed E-state index contributed by atoms with van der Waals surface area (Å²) in [4.78, 5) is 11.6. The summed E-state index contributed by atoms with van der Waals surface area (Å²) < 4.78 is 19.2. The third kappa shape index (κ3) is 4.18. The molecular formula is C14H17BrFNO3. The van der Waals surface area contributed by atoms with Crippen LogP contribution in [-0.2, 0) is 4.79 Å². The Balaban J connectivity index is 1.75. The molecule has 20 heavy (non-hydrogen) atoms. The lowest BCUT2D eigenvalue weighted by Gasteiger charge is -2.14. The van der Waals surface area contributed by atoms with Gasteiger partial charge in [0.05, 0.1) is 0 Å². The van der Waals surface area contributed by atoms with Crippen molar-refractivity contribution in [3.8, 4) is 5.75 Å². The first kappa shape index (κ1) is 15.3. The summed E-state index contributed by atoms with van der Waals surface area (Å²) in [7, 11) is 0. The van der Waals surface area contributed by atoms with Crippen LogP contribution in [0.3, 0.4) is 0 Å². The van der Waals surface area contributed by atoms with Crippen LogP contribution < -0.4 is 10.1 Å². The number of aliphatic hydroxyl groups is 1. The molecule has 0 unspecified atom stereocenters. The second-order valence-corrected chi connectivity index (χ2v) is 6.03. The van der Waals surface area contributed by atoms with Gasteiger partial charge < -0.3 is 15.2 Å². The number of ether oxygens (including phenoxy) is 1. The number of amides is 1. The maximum absolute atomic E-state index is 13.5. The quantitative estimate of drug-likeness (QED) is 0.796. The first-order valence-electron chi connectivity index (χ1n) is 6.50. The molecule has 0 saturated heterocycles. The van der Waals surface area contributed by atoms with Crippen molar-refractivity contribution >= 4 is 21.8 Å². The molecule has 0 aliphatic heterocycles. The number of rotatable bonds is 7. The van der Waals surface area contributed by atoms with Crippen LogP contribution in [0.25, 0.3) is 0 Å². The highest BCUT2D eigenvalue weighted by Gasteiger charge is 2.41. The Morgan fingerprint density at radius 3 is 2.85 bits per heavy atom. The molecule has 1 saturated carbocycles. The molecule has 1 aromatic rings. The third-order valence-electron chi connectivity index (χ3n) is 3.51. The van der Waals surface area contributed by atoms with Crippen molar-refractivity contribution in [3.05, 3.63) is 28.5 Å². The van der Waals surface area contributed by atoms with Crippen molar-refractivity contribution in [1.29, 1.82) is 0 Å². The molecule has 1 fully saturated rings. The first-order chi connectivity index (χ1) is 9.54. The highest BCUT2D eigenvalue weighted by Crippen LogP contribution is 2.47. The Labute approximate surface area is 125 Å². The second-order valence-electron chi connectivity index (χ2n) is 5.11. The van der Waals surface area contributed by atoms with E-state index in [4.69, 9.17) is 9.84 Å². The lowest BCUT2D eigenvalue weighted by Crippen LogP contribution is -2.34. The van der Waals surface area contributed by atoms with Crippen LogP contribution in [0.1, 0.15) is 19.3 Å². The van der Waals surface area contributed by atoms with Gasteiger partial charge in [-0.25, -0.2) is 4.39 Å². The van der Waals surface area contributed by atoms with Crippen molar-refractivity contribution in [2.24, 2.45) is 5.41 Å². The topological polar surface area (TPSA) is 58.6 Å². The number of hydrogen-bond acceptors (Lipinski definition) is 3. The summed E-state index contributed by atoms with van der Waals surface area (Å²) in [5, 5.41) is 11.7. The van der Waals surface area contributed by atoms with Gasteiger partial charge in [0.25, 0.3) is 5.91 Å². The Kier molecular flexibility index (Phi) is 4.99. The maximum Gasteiger partial charge on any atom is 0.257 e. The number of carbonyl (C=O) groups is 1. The van der Waals surface area contributed by atoms with Crippen LogP contribution >= 0.6 is 15.9 Å². The third-order valence-corrected chi connectivity index (χ3v) is 4.01. The average molecular weight is 346 g/mol. The number of benzene rings is 1. The Bertz CT molecular complexity index is 491.